The molecular weight excluding hydrogens is 185 g/mol. The molecule has 1 aliphatic heterocycles. The van der Waals surface area contributed by atoms with Crippen LogP contribution in [0.1, 0.15) is 18.5 Å². The standard InChI is InChI=1S/C10H12FNO2/c1-10(13)5-14-8-3-2-6(11)4-7(8)9(10)12/h2-4,9,13H,5,12H2,1H3. The molecule has 2 rings (SSSR count). The molecule has 1 aliphatic rings. The van der Waals surface area contributed by atoms with Crippen LogP contribution < -0.4 is 10.5 Å². The van der Waals surface area contributed by atoms with Gasteiger partial charge in [-0.15, -0.1) is 0 Å². The van der Waals surface area contributed by atoms with Gasteiger partial charge in [0.05, 0.1) is 6.04 Å². The molecule has 2 unspecified atom stereocenters. The van der Waals surface area contributed by atoms with Crippen LogP contribution in [-0.4, -0.2) is 17.3 Å². The van der Waals surface area contributed by atoms with Crippen LogP contribution in [0, 0.1) is 5.82 Å². The van der Waals surface area contributed by atoms with E-state index in [-0.39, 0.29) is 12.4 Å². The van der Waals surface area contributed by atoms with Gasteiger partial charge in [0.2, 0.25) is 0 Å². The second-order valence-corrected chi connectivity index (χ2v) is 3.81. The highest BCUT2D eigenvalue weighted by molar-refractivity contribution is 5.39. The summed E-state index contributed by atoms with van der Waals surface area (Å²) in [5.74, 6) is 0.172. The second-order valence-electron chi connectivity index (χ2n) is 3.81. The molecule has 0 bridgehead atoms. The van der Waals surface area contributed by atoms with Gasteiger partial charge in [0.1, 0.15) is 23.8 Å². The van der Waals surface area contributed by atoms with Crippen LogP contribution in [-0.2, 0) is 0 Å². The Morgan fingerprint density at radius 3 is 3.07 bits per heavy atom. The monoisotopic (exact) mass is 197 g/mol. The minimum Gasteiger partial charge on any atom is -0.490 e. The van der Waals surface area contributed by atoms with E-state index in [2.05, 4.69) is 0 Å². The van der Waals surface area contributed by atoms with Crippen molar-refractivity contribution in [3.05, 3.63) is 29.6 Å². The highest BCUT2D eigenvalue weighted by Gasteiger charge is 2.37. The van der Waals surface area contributed by atoms with Gasteiger partial charge in [0.15, 0.2) is 0 Å². The molecule has 1 aromatic rings. The molecule has 2 atom stereocenters. The molecule has 0 aromatic heterocycles. The molecule has 0 amide bonds. The van der Waals surface area contributed by atoms with Crippen LogP contribution in [0.25, 0.3) is 0 Å². The molecule has 0 fully saturated rings. The summed E-state index contributed by atoms with van der Waals surface area (Å²) in [6.07, 6.45) is 0. The van der Waals surface area contributed by atoms with E-state index < -0.39 is 11.6 Å². The molecule has 14 heavy (non-hydrogen) atoms. The lowest BCUT2D eigenvalue weighted by Crippen LogP contribution is -2.46. The van der Waals surface area contributed by atoms with E-state index in [9.17, 15) is 9.50 Å². The number of rotatable bonds is 0. The van der Waals surface area contributed by atoms with E-state index in [1.54, 1.807) is 6.92 Å². The van der Waals surface area contributed by atoms with Crippen molar-refractivity contribution in [3.8, 4) is 5.75 Å². The Morgan fingerprint density at radius 1 is 1.64 bits per heavy atom. The van der Waals surface area contributed by atoms with Crippen molar-refractivity contribution in [2.24, 2.45) is 5.73 Å². The van der Waals surface area contributed by atoms with E-state index in [4.69, 9.17) is 10.5 Å². The Morgan fingerprint density at radius 2 is 2.36 bits per heavy atom. The maximum absolute atomic E-state index is 12.9. The third kappa shape index (κ3) is 1.36. The molecule has 4 heteroatoms. The first-order valence-corrected chi connectivity index (χ1v) is 4.41. The van der Waals surface area contributed by atoms with Gasteiger partial charge in [0.25, 0.3) is 0 Å². The maximum Gasteiger partial charge on any atom is 0.124 e. The van der Waals surface area contributed by atoms with E-state index in [0.29, 0.717) is 11.3 Å². The van der Waals surface area contributed by atoms with Crippen LogP contribution in [0.5, 0.6) is 5.75 Å². The van der Waals surface area contributed by atoms with Crippen molar-refractivity contribution in [1.82, 2.24) is 0 Å². The quantitative estimate of drug-likeness (QED) is 0.651. The number of fused-ring (bicyclic) bond motifs is 1. The van der Waals surface area contributed by atoms with Gasteiger partial charge in [-0.1, -0.05) is 0 Å². The van der Waals surface area contributed by atoms with Crippen LogP contribution in [0.3, 0.4) is 0 Å². The Bertz CT molecular complexity index is 365. The summed E-state index contributed by atoms with van der Waals surface area (Å²) in [6, 6.07) is 3.53. The summed E-state index contributed by atoms with van der Waals surface area (Å²) in [6.45, 7) is 1.71. The molecule has 0 spiro atoms. The number of halogens is 1. The number of nitrogens with two attached hydrogens (primary N) is 1. The van der Waals surface area contributed by atoms with Gasteiger partial charge in [-0.25, -0.2) is 4.39 Å². The third-order valence-electron chi connectivity index (χ3n) is 2.50. The van der Waals surface area contributed by atoms with Gasteiger partial charge in [0, 0.05) is 5.56 Å². The summed E-state index contributed by atoms with van der Waals surface area (Å²) in [5.41, 5.74) is 5.17. The zero-order valence-electron chi connectivity index (χ0n) is 7.83. The first kappa shape index (κ1) is 9.43. The number of hydrogen-bond donors (Lipinski definition) is 2. The minimum absolute atomic E-state index is 0.132. The molecule has 0 aliphatic carbocycles. The summed E-state index contributed by atoms with van der Waals surface area (Å²) < 4.78 is 18.2. The van der Waals surface area contributed by atoms with Gasteiger partial charge >= 0.3 is 0 Å². The average Bonchev–Trinajstić information content (AvgIpc) is 2.13. The van der Waals surface area contributed by atoms with Gasteiger partial charge < -0.3 is 15.6 Å². The van der Waals surface area contributed by atoms with Crippen molar-refractivity contribution in [2.75, 3.05) is 6.61 Å². The maximum atomic E-state index is 12.9. The first-order valence-electron chi connectivity index (χ1n) is 4.41. The number of hydrogen-bond acceptors (Lipinski definition) is 3. The Balaban J connectivity index is 2.48. The molecule has 1 aromatic carbocycles. The zero-order valence-corrected chi connectivity index (χ0v) is 7.83. The summed E-state index contributed by atoms with van der Waals surface area (Å²) >= 11 is 0. The molecule has 3 nitrogen and oxygen atoms in total. The van der Waals surface area contributed by atoms with E-state index in [1.807, 2.05) is 0 Å². The third-order valence-corrected chi connectivity index (χ3v) is 2.50. The van der Waals surface area contributed by atoms with Crippen LogP contribution >= 0.6 is 0 Å². The van der Waals surface area contributed by atoms with E-state index in [1.165, 1.54) is 18.2 Å². The van der Waals surface area contributed by atoms with Gasteiger partial charge in [-0.2, -0.15) is 0 Å². The minimum atomic E-state index is -1.14. The average molecular weight is 197 g/mol. The highest BCUT2D eigenvalue weighted by Crippen LogP contribution is 2.36. The summed E-state index contributed by atoms with van der Waals surface area (Å²) in [4.78, 5) is 0. The summed E-state index contributed by atoms with van der Waals surface area (Å²) in [5, 5.41) is 9.81. The molecule has 3 N–H and O–H groups in total. The smallest absolute Gasteiger partial charge is 0.124 e. The fourth-order valence-corrected chi connectivity index (χ4v) is 1.54. The number of benzene rings is 1. The predicted molar refractivity (Wildman–Crippen MR) is 49.4 cm³/mol. The Hall–Kier alpha value is -1.13. The van der Waals surface area contributed by atoms with Crippen molar-refractivity contribution in [2.45, 2.75) is 18.6 Å². The van der Waals surface area contributed by atoms with Crippen molar-refractivity contribution < 1.29 is 14.2 Å². The van der Waals surface area contributed by atoms with Gasteiger partial charge in [-0.3, -0.25) is 0 Å². The molecule has 0 saturated carbocycles. The number of ether oxygens (including phenoxy) is 1. The molecule has 0 radical (unpaired) electrons. The lowest BCUT2D eigenvalue weighted by molar-refractivity contribution is -0.0250. The first-order chi connectivity index (χ1) is 6.50. The predicted octanol–water partition coefficient (Wildman–Crippen LogP) is 0.969. The lowest BCUT2D eigenvalue weighted by atomic mass is 9.89. The van der Waals surface area contributed by atoms with Crippen LogP contribution in [0.15, 0.2) is 18.2 Å². The SMILES string of the molecule is CC1(O)COc2ccc(F)cc2C1N. The Kier molecular flexibility index (Phi) is 1.97. The Labute approximate surface area is 81.3 Å². The largest absolute Gasteiger partial charge is 0.490 e. The van der Waals surface area contributed by atoms with E-state index in [0.717, 1.165) is 0 Å². The van der Waals surface area contributed by atoms with Gasteiger partial charge in [-0.05, 0) is 25.1 Å². The zero-order chi connectivity index (χ0) is 10.3. The number of aliphatic hydroxyl groups is 1. The molecular formula is C10H12FNO2. The normalized spacial score (nSPS) is 30.7. The van der Waals surface area contributed by atoms with Crippen molar-refractivity contribution in [1.29, 1.82) is 0 Å². The highest BCUT2D eigenvalue weighted by atomic mass is 19.1. The second kappa shape index (κ2) is 2.93. The van der Waals surface area contributed by atoms with Crippen molar-refractivity contribution in [3.63, 3.8) is 0 Å². The fourth-order valence-electron chi connectivity index (χ4n) is 1.54. The van der Waals surface area contributed by atoms with E-state index >= 15 is 0 Å². The summed E-state index contributed by atoms with van der Waals surface area (Å²) in [7, 11) is 0. The van der Waals surface area contributed by atoms with Crippen LogP contribution in [0.2, 0.25) is 0 Å². The van der Waals surface area contributed by atoms with Crippen LogP contribution in [0.4, 0.5) is 4.39 Å². The molecule has 0 saturated heterocycles. The topological polar surface area (TPSA) is 55.5 Å². The lowest BCUT2D eigenvalue weighted by Gasteiger charge is -2.35. The van der Waals surface area contributed by atoms with Crippen molar-refractivity contribution >= 4 is 0 Å². The molecule has 1 heterocycles. The molecule has 76 valence electrons. The fraction of sp³-hybridized carbons (Fsp3) is 0.400.